The van der Waals surface area contributed by atoms with E-state index in [9.17, 15) is 13.2 Å². The number of furan rings is 1. The fourth-order valence-electron chi connectivity index (χ4n) is 3.38. The predicted molar refractivity (Wildman–Crippen MR) is 107 cm³/mol. The molecule has 0 unspecified atom stereocenters. The van der Waals surface area contributed by atoms with E-state index in [0.29, 0.717) is 44.5 Å². The first-order chi connectivity index (χ1) is 13.0. The zero-order valence-electron chi connectivity index (χ0n) is 15.5. The Morgan fingerprint density at radius 2 is 1.89 bits per heavy atom. The molecule has 1 saturated heterocycles. The van der Waals surface area contributed by atoms with Crippen molar-refractivity contribution >= 4 is 27.5 Å². The monoisotopic (exact) mass is 407 g/mol. The van der Waals surface area contributed by atoms with Gasteiger partial charge in [0.2, 0.25) is 5.91 Å². The highest BCUT2D eigenvalue weighted by Crippen LogP contribution is 2.22. The number of carbonyl (C=O) groups is 1. The number of aryl methyl sites for hydroxylation is 1. The van der Waals surface area contributed by atoms with Gasteiger partial charge in [-0.1, -0.05) is 12.1 Å². The van der Waals surface area contributed by atoms with E-state index >= 15 is 0 Å². The molecule has 5 nitrogen and oxygen atoms in total. The number of nitrogens with zero attached hydrogens (tertiary/aromatic N) is 1. The molecule has 1 aromatic carbocycles. The van der Waals surface area contributed by atoms with Crippen molar-refractivity contribution in [2.24, 2.45) is 0 Å². The quantitative estimate of drug-likeness (QED) is 0.657. The van der Waals surface area contributed by atoms with Crippen molar-refractivity contribution in [1.29, 1.82) is 0 Å². The SMILES string of the molecule is CSc1ccc(CCC(=O)N2CCC(S(=O)(=O)Cc3ccco3)CC2)cc1. The number of thioether (sulfide) groups is 1. The molecule has 1 aliphatic heterocycles. The van der Waals surface area contributed by atoms with Crippen LogP contribution in [-0.2, 0) is 26.8 Å². The molecule has 0 radical (unpaired) electrons. The summed E-state index contributed by atoms with van der Waals surface area (Å²) >= 11 is 1.70. The lowest BCUT2D eigenvalue weighted by Crippen LogP contribution is -2.42. The molecule has 27 heavy (non-hydrogen) atoms. The molecule has 3 rings (SSSR count). The maximum atomic E-state index is 12.5. The third-order valence-corrected chi connectivity index (χ3v) is 7.93. The average molecular weight is 408 g/mol. The van der Waals surface area contributed by atoms with Gasteiger partial charge in [-0.05, 0) is 55.3 Å². The minimum Gasteiger partial charge on any atom is -0.468 e. The summed E-state index contributed by atoms with van der Waals surface area (Å²) in [6.07, 6.45) is 5.69. The van der Waals surface area contributed by atoms with E-state index in [1.54, 1.807) is 28.8 Å². The predicted octanol–water partition coefficient (Wildman–Crippen LogP) is 3.54. The Morgan fingerprint density at radius 1 is 1.19 bits per heavy atom. The standard InChI is InChI=1S/C20H25NO4S2/c1-26-18-7-4-16(5-8-18)6-9-20(22)21-12-10-19(11-13-21)27(23,24)15-17-3-2-14-25-17/h2-5,7-8,14,19H,6,9-13,15H2,1H3. The Hall–Kier alpha value is -1.73. The molecular formula is C20H25NO4S2. The number of likely N-dealkylation sites (tertiary alicyclic amines) is 1. The van der Waals surface area contributed by atoms with Gasteiger partial charge in [-0.15, -0.1) is 11.8 Å². The van der Waals surface area contributed by atoms with Crippen LogP contribution in [0.5, 0.6) is 0 Å². The summed E-state index contributed by atoms with van der Waals surface area (Å²) in [5.74, 6) is 0.511. The Morgan fingerprint density at radius 3 is 2.48 bits per heavy atom. The van der Waals surface area contributed by atoms with Crippen LogP contribution in [0.2, 0.25) is 0 Å². The molecule has 1 aromatic heterocycles. The van der Waals surface area contributed by atoms with Crippen LogP contribution < -0.4 is 0 Å². The zero-order chi connectivity index (χ0) is 19.3. The van der Waals surface area contributed by atoms with E-state index in [2.05, 4.69) is 24.3 Å². The number of benzene rings is 1. The summed E-state index contributed by atoms with van der Waals surface area (Å²) in [5.41, 5.74) is 1.15. The lowest BCUT2D eigenvalue weighted by molar-refractivity contribution is -0.132. The van der Waals surface area contributed by atoms with Gasteiger partial charge in [0, 0.05) is 24.4 Å². The largest absolute Gasteiger partial charge is 0.468 e. The van der Waals surface area contributed by atoms with Crippen molar-refractivity contribution in [3.8, 4) is 0 Å². The van der Waals surface area contributed by atoms with E-state index in [-0.39, 0.29) is 11.7 Å². The van der Waals surface area contributed by atoms with Crippen LogP contribution >= 0.6 is 11.8 Å². The van der Waals surface area contributed by atoms with Gasteiger partial charge in [0.05, 0.1) is 11.5 Å². The summed E-state index contributed by atoms with van der Waals surface area (Å²) in [4.78, 5) is 15.5. The molecule has 1 aliphatic rings. The van der Waals surface area contributed by atoms with Crippen LogP contribution in [-0.4, -0.2) is 43.8 Å². The number of sulfone groups is 1. The first kappa shape index (κ1) is 20.0. The molecule has 0 atom stereocenters. The van der Waals surface area contributed by atoms with E-state index in [4.69, 9.17) is 4.42 Å². The summed E-state index contributed by atoms with van der Waals surface area (Å²) in [6.45, 7) is 1.01. The van der Waals surface area contributed by atoms with Gasteiger partial charge in [-0.2, -0.15) is 0 Å². The number of carbonyl (C=O) groups excluding carboxylic acids is 1. The summed E-state index contributed by atoms with van der Waals surface area (Å²) in [7, 11) is -3.25. The first-order valence-corrected chi connectivity index (χ1v) is 12.1. The highest BCUT2D eigenvalue weighted by atomic mass is 32.2. The lowest BCUT2D eigenvalue weighted by Gasteiger charge is -2.31. The van der Waals surface area contributed by atoms with Crippen LogP contribution in [0.15, 0.2) is 52.0 Å². The molecule has 146 valence electrons. The van der Waals surface area contributed by atoms with Gasteiger partial charge in [-0.3, -0.25) is 4.79 Å². The lowest BCUT2D eigenvalue weighted by atomic mass is 10.1. The number of rotatable bonds is 7. The third kappa shape index (κ3) is 5.39. The number of hydrogen-bond acceptors (Lipinski definition) is 5. The van der Waals surface area contributed by atoms with Gasteiger partial charge in [0.15, 0.2) is 9.84 Å². The fourth-order valence-corrected chi connectivity index (χ4v) is 5.51. The molecule has 0 aliphatic carbocycles. The van der Waals surface area contributed by atoms with Crippen molar-refractivity contribution in [2.75, 3.05) is 19.3 Å². The summed E-state index contributed by atoms with van der Waals surface area (Å²) in [5, 5.41) is -0.397. The maximum Gasteiger partial charge on any atom is 0.222 e. The molecule has 2 heterocycles. The second-order valence-corrected chi connectivity index (χ2v) is 9.98. The molecule has 0 N–H and O–H groups in total. The Balaban J connectivity index is 1.47. The zero-order valence-corrected chi connectivity index (χ0v) is 17.1. The average Bonchev–Trinajstić information content (AvgIpc) is 3.19. The number of hydrogen-bond donors (Lipinski definition) is 0. The smallest absolute Gasteiger partial charge is 0.222 e. The second-order valence-electron chi connectivity index (χ2n) is 6.81. The van der Waals surface area contributed by atoms with E-state index in [1.165, 1.54) is 11.2 Å². The molecule has 0 saturated carbocycles. The van der Waals surface area contributed by atoms with Crippen LogP contribution in [0.1, 0.15) is 30.6 Å². The van der Waals surface area contributed by atoms with Gasteiger partial charge in [-0.25, -0.2) is 8.42 Å². The highest BCUT2D eigenvalue weighted by Gasteiger charge is 2.32. The summed E-state index contributed by atoms with van der Waals surface area (Å²) in [6, 6.07) is 11.6. The Bertz CT molecular complexity index is 837. The fraction of sp³-hybridized carbons (Fsp3) is 0.450. The van der Waals surface area contributed by atoms with E-state index in [1.807, 2.05) is 6.26 Å². The third-order valence-electron chi connectivity index (χ3n) is 5.01. The molecule has 0 bridgehead atoms. The molecular weight excluding hydrogens is 382 g/mol. The van der Waals surface area contributed by atoms with Crippen molar-refractivity contribution in [3.63, 3.8) is 0 Å². The molecule has 7 heteroatoms. The van der Waals surface area contributed by atoms with Crippen molar-refractivity contribution in [2.45, 2.75) is 41.6 Å². The van der Waals surface area contributed by atoms with Gasteiger partial charge in [0.1, 0.15) is 11.5 Å². The topological polar surface area (TPSA) is 67.6 Å². The van der Waals surface area contributed by atoms with E-state index < -0.39 is 15.1 Å². The number of amides is 1. The molecule has 0 spiro atoms. The van der Waals surface area contributed by atoms with Crippen molar-refractivity contribution in [3.05, 3.63) is 54.0 Å². The van der Waals surface area contributed by atoms with Crippen molar-refractivity contribution in [1.82, 2.24) is 4.90 Å². The van der Waals surface area contributed by atoms with Gasteiger partial charge in [0.25, 0.3) is 0 Å². The maximum absolute atomic E-state index is 12.5. The van der Waals surface area contributed by atoms with Crippen LogP contribution in [0.4, 0.5) is 0 Å². The second kappa shape index (κ2) is 8.97. The minimum atomic E-state index is -3.25. The minimum absolute atomic E-state index is 0.0648. The molecule has 1 amide bonds. The molecule has 2 aromatic rings. The Labute approximate surface area is 165 Å². The van der Waals surface area contributed by atoms with Crippen LogP contribution in [0, 0.1) is 0 Å². The van der Waals surface area contributed by atoms with E-state index in [0.717, 1.165) is 5.56 Å². The van der Waals surface area contributed by atoms with Gasteiger partial charge < -0.3 is 9.32 Å². The normalized spacial score (nSPS) is 15.8. The molecule has 1 fully saturated rings. The van der Waals surface area contributed by atoms with Crippen LogP contribution in [0.3, 0.4) is 0 Å². The van der Waals surface area contributed by atoms with Crippen LogP contribution in [0.25, 0.3) is 0 Å². The highest BCUT2D eigenvalue weighted by molar-refractivity contribution is 7.98. The summed E-state index contributed by atoms with van der Waals surface area (Å²) < 4.78 is 30.2. The number of piperidine rings is 1. The first-order valence-electron chi connectivity index (χ1n) is 9.12. The van der Waals surface area contributed by atoms with Gasteiger partial charge >= 0.3 is 0 Å². The van der Waals surface area contributed by atoms with Crippen molar-refractivity contribution < 1.29 is 17.6 Å². The Kier molecular flexibility index (Phi) is 6.65.